The first kappa shape index (κ1) is 7.32. The molecule has 2 rings (SSSR count). The molecule has 8 nitrogen and oxygen atoms in total. The molecule has 2 aromatic rings. The van der Waals surface area contributed by atoms with E-state index in [0.717, 1.165) is 0 Å². The van der Waals surface area contributed by atoms with E-state index in [-0.39, 0.29) is 11.8 Å². The second-order valence-corrected chi connectivity index (χ2v) is 2.21. The lowest BCUT2D eigenvalue weighted by Crippen LogP contribution is -1.91. The van der Waals surface area contributed by atoms with E-state index in [1.54, 1.807) is 0 Å². The van der Waals surface area contributed by atoms with Gasteiger partial charge in [-0.1, -0.05) is 0 Å². The monoisotopic (exact) mass is 176 g/mol. The van der Waals surface area contributed by atoms with Crippen LogP contribution in [0.4, 0.5) is 11.8 Å². The summed E-state index contributed by atoms with van der Waals surface area (Å²) in [5, 5.41) is 3.28. The summed E-state index contributed by atoms with van der Waals surface area (Å²) in [4.78, 5) is 16.7. The lowest BCUT2D eigenvalue weighted by molar-refractivity contribution is 1.20. The summed E-state index contributed by atoms with van der Waals surface area (Å²) in [6.45, 7) is 0. The van der Waals surface area contributed by atoms with E-state index in [1.165, 1.54) is 6.33 Å². The molecule has 0 aliphatic rings. The van der Waals surface area contributed by atoms with Gasteiger partial charge in [-0.15, -0.1) is 0 Å². The van der Waals surface area contributed by atoms with Crippen molar-refractivity contribution in [2.45, 2.75) is 0 Å². The summed E-state index contributed by atoms with van der Waals surface area (Å²) in [6.07, 6.45) is 1.29. The van der Waals surface area contributed by atoms with Gasteiger partial charge in [0.05, 0.1) is 0 Å². The Labute approximate surface area is 71.5 Å². The van der Waals surface area contributed by atoms with Crippen LogP contribution in [0.1, 0.15) is 0 Å². The third-order valence-corrected chi connectivity index (χ3v) is 1.44. The third-order valence-electron chi connectivity index (χ3n) is 1.44. The van der Waals surface area contributed by atoms with Gasteiger partial charge in [0.25, 0.3) is 0 Å². The van der Waals surface area contributed by atoms with Gasteiger partial charge in [0.2, 0.25) is 0 Å². The van der Waals surface area contributed by atoms with Crippen LogP contribution in [0.3, 0.4) is 0 Å². The first-order valence-corrected chi connectivity index (χ1v) is 3.32. The predicted molar refractivity (Wildman–Crippen MR) is 44.9 cm³/mol. The normalized spacial score (nSPS) is 9.85. The van der Waals surface area contributed by atoms with Gasteiger partial charge in [-0.05, 0) is 10.6 Å². The molecule has 13 heavy (non-hydrogen) atoms. The number of rotatable bonds is 1. The molecule has 0 unspecified atom stereocenters. The van der Waals surface area contributed by atoms with Crippen molar-refractivity contribution in [1.29, 1.82) is 0 Å². The number of nitrogen functional groups attached to an aromatic ring is 1. The molecule has 0 radical (unpaired) electrons. The molecule has 0 spiro atoms. The molecule has 0 saturated heterocycles. The SMILES string of the molecule is [N-]=[N+]=Nc1nc2ncnc(N)c2[nH]1. The fourth-order valence-electron chi connectivity index (χ4n) is 0.924. The van der Waals surface area contributed by atoms with Gasteiger partial charge in [-0.25, -0.2) is 15.0 Å². The first-order chi connectivity index (χ1) is 6.31. The summed E-state index contributed by atoms with van der Waals surface area (Å²) in [5.41, 5.74) is 14.5. The molecular formula is C5H4N8. The molecule has 64 valence electrons. The molecule has 8 heteroatoms. The second-order valence-electron chi connectivity index (χ2n) is 2.21. The van der Waals surface area contributed by atoms with Crippen molar-refractivity contribution in [3.8, 4) is 0 Å². The van der Waals surface area contributed by atoms with E-state index in [9.17, 15) is 0 Å². The Morgan fingerprint density at radius 2 is 2.38 bits per heavy atom. The van der Waals surface area contributed by atoms with Gasteiger partial charge in [0.1, 0.15) is 11.8 Å². The number of fused-ring (bicyclic) bond motifs is 1. The zero-order valence-corrected chi connectivity index (χ0v) is 6.34. The van der Waals surface area contributed by atoms with Crippen molar-refractivity contribution < 1.29 is 0 Å². The molecule has 0 atom stereocenters. The fourth-order valence-corrected chi connectivity index (χ4v) is 0.924. The van der Waals surface area contributed by atoms with Crippen molar-refractivity contribution in [2.75, 3.05) is 5.73 Å². The summed E-state index contributed by atoms with van der Waals surface area (Å²) < 4.78 is 0. The molecule has 0 amide bonds. The van der Waals surface area contributed by atoms with Crippen LogP contribution < -0.4 is 5.73 Å². The summed E-state index contributed by atoms with van der Waals surface area (Å²) >= 11 is 0. The molecule has 2 heterocycles. The highest BCUT2D eigenvalue weighted by molar-refractivity contribution is 5.82. The minimum Gasteiger partial charge on any atom is -0.382 e. The quantitative estimate of drug-likeness (QED) is 0.379. The van der Waals surface area contributed by atoms with Gasteiger partial charge in [0, 0.05) is 4.91 Å². The molecule has 0 bridgehead atoms. The van der Waals surface area contributed by atoms with Crippen LogP contribution in [0.2, 0.25) is 0 Å². The van der Waals surface area contributed by atoms with E-state index < -0.39 is 0 Å². The van der Waals surface area contributed by atoms with Crippen LogP contribution >= 0.6 is 0 Å². The maximum atomic E-state index is 8.15. The zero-order chi connectivity index (χ0) is 9.26. The van der Waals surface area contributed by atoms with Crippen molar-refractivity contribution >= 4 is 22.9 Å². The zero-order valence-electron chi connectivity index (χ0n) is 6.34. The summed E-state index contributed by atoms with van der Waals surface area (Å²) in [7, 11) is 0. The topological polar surface area (TPSA) is 129 Å². The number of azide groups is 1. The van der Waals surface area contributed by atoms with Crippen molar-refractivity contribution in [3.63, 3.8) is 0 Å². The number of imidazole rings is 1. The molecule has 0 aliphatic heterocycles. The maximum absolute atomic E-state index is 8.15. The lowest BCUT2D eigenvalue weighted by Gasteiger charge is -1.89. The Kier molecular flexibility index (Phi) is 1.47. The lowest BCUT2D eigenvalue weighted by atomic mass is 10.5. The summed E-state index contributed by atoms with van der Waals surface area (Å²) in [6, 6.07) is 0. The number of aromatic nitrogens is 4. The number of H-pyrrole nitrogens is 1. The van der Waals surface area contributed by atoms with E-state index in [4.69, 9.17) is 11.3 Å². The number of nitrogens with two attached hydrogens (primary N) is 1. The van der Waals surface area contributed by atoms with Crippen LogP contribution in [0, 0.1) is 0 Å². The smallest absolute Gasteiger partial charge is 0.196 e. The maximum Gasteiger partial charge on any atom is 0.196 e. The number of hydrogen-bond donors (Lipinski definition) is 2. The highest BCUT2D eigenvalue weighted by Crippen LogP contribution is 2.17. The number of anilines is 1. The number of nitrogens with one attached hydrogen (secondary N) is 1. The van der Waals surface area contributed by atoms with Crippen molar-refractivity contribution in [3.05, 3.63) is 16.8 Å². The van der Waals surface area contributed by atoms with Crippen LogP contribution in [0.25, 0.3) is 21.6 Å². The Balaban J connectivity index is 2.75. The molecule has 0 aliphatic carbocycles. The molecule has 0 fully saturated rings. The molecule has 0 aromatic carbocycles. The van der Waals surface area contributed by atoms with Crippen molar-refractivity contribution in [1.82, 2.24) is 19.9 Å². The van der Waals surface area contributed by atoms with E-state index in [2.05, 4.69) is 30.0 Å². The highest BCUT2D eigenvalue weighted by Gasteiger charge is 2.04. The average molecular weight is 176 g/mol. The van der Waals surface area contributed by atoms with Gasteiger partial charge in [-0.2, -0.15) is 0 Å². The Hall–Kier alpha value is -2.34. The van der Waals surface area contributed by atoms with Gasteiger partial charge >= 0.3 is 0 Å². The third kappa shape index (κ3) is 1.10. The fraction of sp³-hybridized carbons (Fsp3) is 0. The second kappa shape index (κ2) is 2.61. The average Bonchev–Trinajstić information content (AvgIpc) is 2.49. The highest BCUT2D eigenvalue weighted by atomic mass is 15.2. The Bertz CT molecular complexity index is 492. The van der Waals surface area contributed by atoms with Gasteiger partial charge < -0.3 is 10.7 Å². The minimum absolute atomic E-state index is 0.129. The van der Waals surface area contributed by atoms with Crippen LogP contribution in [-0.2, 0) is 0 Å². The number of aromatic amines is 1. The molecule has 3 N–H and O–H groups in total. The largest absolute Gasteiger partial charge is 0.382 e. The molecule has 0 saturated carbocycles. The van der Waals surface area contributed by atoms with E-state index in [1.807, 2.05) is 0 Å². The van der Waals surface area contributed by atoms with E-state index >= 15 is 0 Å². The van der Waals surface area contributed by atoms with Crippen LogP contribution in [-0.4, -0.2) is 19.9 Å². The molecule has 2 aromatic heterocycles. The van der Waals surface area contributed by atoms with Gasteiger partial charge in [-0.3, -0.25) is 0 Å². The Morgan fingerprint density at radius 1 is 1.54 bits per heavy atom. The number of hydrogen-bond acceptors (Lipinski definition) is 5. The number of nitrogens with zero attached hydrogens (tertiary/aromatic N) is 6. The van der Waals surface area contributed by atoms with Crippen LogP contribution in [0.5, 0.6) is 0 Å². The van der Waals surface area contributed by atoms with E-state index in [0.29, 0.717) is 11.2 Å². The molecular weight excluding hydrogens is 172 g/mol. The predicted octanol–water partition coefficient (Wildman–Crippen LogP) is 0.877. The first-order valence-electron chi connectivity index (χ1n) is 3.32. The van der Waals surface area contributed by atoms with Crippen LogP contribution in [0.15, 0.2) is 11.4 Å². The van der Waals surface area contributed by atoms with Gasteiger partial charge in [0.15, 0.2) is 17.4 Å². The van der Waals surface area contributed by atoms with Crippen molar-refractivity contribution in [2.24, 2.45) is 5.11 Å². The minimum atomic E-state index is 0.129. The standard InChI is InChI=1S/C5H4N8/c6-3-2-4(9-1-8-3)11-5(10-2)12-13-7/h1H,(H3,6,8,9,10,11). The Morgan fingerprint density at radius 3 is 3.08 bits per heavy atom. The summed E-state index contributed by atoms with van der Waals surface area (Å²) in [5.74, 6) is 0.404.